The van der Waals surface area contributed by atoms with Crippen LogP contribution in [0.2, 0.25) is 5.02 Å². The lowest BCUT2D eigenvalue weighted by Crippen LogP contribution is -2.24. The van der Waals surface area contributed by atoms with E-state index in [0.717, 1.165) is 11.3 Å². The molecule has 0 bridgehead atoms. The van der Waals surface area contributed by atoms with E-state index in [9.17, 15) is 5.11 Å². The van der Waals surface area contributed by atoms with Gasteiger partial charge in [0.2, 0.25) is 0 Å². The molecule has 2 N–H and O–H groups in total. The minimum atomic E-state index is -0.558. The van der Waals surface area contributed by atoms with Crippen molar-refractivity contribution in [2.75, 3.05) is 18.5 Å². The number of nitrogens with one attached hydrogen (secondary N) is 1. The minimum Gasteiger partial charge on any atom is -0.389 e. The van der Waals surface area contributed by atoms with Gasteiger partial charge in [-0.3, -0.25) is 0 Å². The second kappa shape index (κ2) is 7.90. The van der Waals surface area contributed by atoms with Crippen molar-refractivity contribution in [2.24, 2.45) is 0 Å². The fourth-order valence-corrected chi connectivity index (χ4v) is 1.96. The summed E-state index contributed by atoms with van der Waals surface area (Å²) >= 11 is 6.03. The van der Waals surface area contributed by atoms with Crippen LogP contribution in [0.4, 0.5) is 5.69 Å². The van der Waals surface area contributed by atoms with Gasteiger partial charge >= 0.3 is 0 Å². The van der Waals surface area contributed by atoms with Crippen molar-refractivity contribution in [1.29, 1.82) is 0 Å². The van der Waals surface area contributed by atoms with Crippen molar-refractivity contribution in [3.8, 4) is 0 Å². The number of para-hydroxylation sites is 1. The zero-order valence-corrected chi connectivity index (χ0v) is 11.9. The lowest BCUT2D eigenvalue weighted by atomic mass is 10.2. The molecular formula is C16H18ClNO2. The molecule has 2 aromatic rings. The molecule has 3 nitrogen and oxygen atoms in total. The molecule has 0 aliphatic carbocycles. The molecule has 2 aromatic carbocycles. The summed E-state index contributed by atoms with van der Waals surface area (Å²) in [6.45, 7) is 1.12. The first-order chi connectivity index (χ1) is 9.75. The highest BCUT2D eigenvalue weighted by Crippen LogP contribution is 2.15. The van der Waals surface area contributed by atoms with Crippen molar-refractivity contribution in [3.63, 3.8) is 0 Å². The Kier molecular flexibility index (Phi) is 5.87. The Morgan fingerprint density at radius 2 is 1.75 bits per heavy atom. The molecule has 1 atom stereocenters. The normalized spacial score (nSPS) is 12.1. The van der Waals surface area contributed by atoms with E-state index in [1.165, 1.54) is 0 Å². The van der Waals surface area contributed by atoms with Crippen LogP contribution in [0.25, 0.3) is 0 Å². The maximum Gasteiger partial charge on any atom is 0.0945 e. The molecule has 2 rings (SSSR count). The molecule has 1 unspecified atom stereocenters. The van der Waals surface area contributed by atoms with Gasteiger partial charge in [-0.2, -0.15) is 0 Å². The Bertz CT molecular complexity index is 519. The standard InChI is InChI=1S/C16H18ClNO2/c17-16-9-5-4-6-13(16)11-20-12-15(19)10-18-14-7-2-1-3-8-14/h1-9,15,18-19H,10-12H2. The summed E-state index contributed by atoms with van der Waals surface area (Å²) in [5, 5.41) is 13.7. The lowest BCUT2D eigenvalue weighted by Gasteiger charge is -2.13. The number of aliphatic hydroxyl groups is 1. The largest absolute Gasteiger partial charge is 0.389 e. The minimum absolute atomic E-state index is 0.269. The molecule has 0 saturated carbocycles. The predicted octanol–water partition coefficient (Wildman–Crippen LogP) is 3.33. The molecule has 0 heterocycles. The van der Waals surface area contributed by atoms with Gasteiger partial charge in [-0.05, 0) is 23.8 Å². The van der Waals surface area contributed by atoms with Crippen LogP contribution in [0.1, 0.15) is 5.56 Å². The Hall–Kier alpha value is -1.55. The molecular weight excluding hydrogens is 274 g/mol. The molecule has 0 aromatic heterocycles. The summed E-state index contributed by atoms with van der Waals surface area (Å²) in [7, 11) is 0. The SMILES string of the molecule is OC(CNc1ccccc1)COCc1ccccc1Cl. The van der Waals surface area contributed by atoms with Gasteiger partial charge in [-0.25, -0.2) is 0 Å². The van der Waals surface area contributed by atoms with Gasteiger partial charge in [-0.15, -0.1) is 0 Å². The molecule has 0 aliphatic heterocycles. The average molecular weight is 292 g/mol. The van der Waals surface area contributed by atoms with Crippen LogP contribution in [0, 0.1) is 0 Å². The van der Waals surface area contributed by atoms with Gasteiger partial charge in [-0.1, -0.05) is 48.0 Å². The third-order valence-corrected chi connectivity index (χ3v) is 3.21. The van der Waals surface area contributed by atoms with Gasteiger partial charge < -0.3 is 15.2 Å². The third kappa shape index (κ3) is 4.85. The van der Waals surface area contributed by atoms with Crippen LogP contribution in [0.5, 0.6) is 0 Å². The Balaban J connectivity index is 1.68. The molecule has 0 spiro atoms. The number of halogens is 1. The van der Waals surface area contributed by atoms with Gasteiger partial charge in [0.1, 0.15) is 0 Å². The Labute approximate surface area is 124 Å². The van der Waals surface area contributed by atoms with E-state index in [-0.39, 0.29) is 6.61 Å². The topological polar surface area (TPSA) is 41.5 Å². The van der Waals surface area contributed by atoms with Gasteiger partial charge in [0.05, 0.1) is 19.3 Å². The zero-order chi connectivity index (χ0) is 14.2. The maximum atomic E-state index is 9.84. The highest BCUT2D eigenvalue weighted by atomic mass is 35.5. The number of aliphatic hydroxyl groups excluding tert-OH is 1. The van der Waals surface area contributed by atoms with Crippen LogP contribution < -0.4 is 5.32 Å². The van der Waals surface area contributed by atoms with Crippen LogP contribution in [0.3, 0.4) is 0 Å². The fourth-order valence-electron chi connectivity index (χ4n) is 1.77. The van der Waals surface area contributed by atoms with Crippen LogP contribution in [0.15, 0.2) is 54.6 Å². The second-order valence-electron chi connectivity index (χ2n) is 4.51. The molecule has 0 radical (unpaired) electrons. The molecule has 0 aliphatic rings. The van der Waals surface area contributed by atoms with Gasteiger partial charge in [0.25, 0.3) is 0 Å². The number of ether oxygens (including phenoxy) is 1. The second-order valence-corrected chi connectivity index (χ2v) is 4.91. The smallest absolute Gasteiger partial charge is 0.0945 e. The van der Waals surface area contributed by atoms with Crippen LogP contribution in [-0.2, 0) is 11.3 Å². The molecule has 106 valence electrons. The van der Waals surface area contributed by atoms with Crippen molar-refractivity contribution < 1.29 is 9.84 Å². The van der Waals surface area contributed by atoms with Crippen LogP contribution in [-0.4, -0.2) is 24.4 Å². The number of hydrogen-bond donors (Lipinski definition) is 2. The molecule has 4 heteroatoms. The molecule has 20 heavy (non-hydrogen) atoms. The Morgan fingerprint density at radius 3 is 2.50 bits per heavy atom. The van der Waals surface area contributed by atoms with Crippen molar-refractivity contribution in [1.82, 2.24) is 0 Å². The van der Waals surface area contributed by atoms with Gasteiger partial charge in [0.15, 0.2) is 0 Å². The summed E-state index contributed by atoms with van der Waals surface area (Å²) in [4.78, 5) is 0. The first-order valence-corrected chi connectivity index (χ1v) is 6.91. The maximum absolute atomic E-state index is 9.84. The van der Waals surface area contributed by atoms with Gasteiger partial charge in [0, 0.05) is 17.3 Å². The van der Waals surface area contributed by atoms with E-state index in [0.29, 0.717) is 18.2 Å². The third-order valence-electron chi connectivity index (χ3n) is 2.84. The molecule has 0 amide bonds. The van der Waals surface area contributed by atoms with E-state index < -0.39 is 6.10 Å². The fraction of sp³-hybridized carbons (Fsp3) is 0.250. The zero-order valence-electron chi connectivity index (χ0n) is 11.1. The van der Waals surface area contributed by atoms with E-state index in [4.69, 9.17) is 16.3 Å². The van der Waals surface area contributed by atoms with Crippen molar-refractivity contribution in [3.05, 3.63) is 65.2 Å². The summed E-state index contributed by atoms with van der Waals surface area (Å²) in [6, 6.07) is 17.3. The molecule has 0 fully saturated rings. The first-order valence-electron chi connectivity index (χ1n) is 6.54. The highest BCUT2D eigenvalue weighted by molar-refractivity contribution is 6.31. The number of rotatable bonds is 7. The van der Waals surface area contributed by atoms with Crippen molar-refractivity contribution in [2.45, 2.75) is 12.7 Å². The average Bonchev–Trinajstić information content (AvgIpc) is 2.48. The van der Waals surface area contributed by atoms with E-state index in [2.05, 4.69) is 5.32 Å². The quantitative estimate of drug-likeness (QED) is 0.822. The summed E-state index contributed by atoms with van der Waals surface area (Å²) < 4.78 is 5.48. The predicted molar refractivity (Wildman–Crippen MR) is 82.0 cm³/mol. The summed E-state index contributed by atoms with van der Waals surface area (Å²) in [5.41, 5.74) is 1.91. The number of hydrogen-bond acceptors (Lipinski definition) is 3. The highest BCUT2D eigenvalue weighted by Gasteiger charge is 2.05. The number of anilines is 1. The van der Waals surface area contributed by atoms with Crippen LogP contribution >= 0.6 is 11.6 Å². The van der Waals surface area contributed by atoms with E-state index in [1.807, 2.05) is 54.6 Å². The van der Waals surface area contributed by atoms with E-state index in [1.54, 1.807) is 0 Å². The first kappa shape index (κ1) is 14.9. The number of benzene rings is 2. The monoisotopic (exact) mass is 291 g/mol. The summed E-state index contributed by atoms with van der Waals surface area (Å²) in [6.07, 6.45) is -0.558. The Morgan fingerprint density at radius 1 is 1.05 bits per heavy atom. The summed E-state index contributed by atoms with van der Waals surface area (Å²) in [5.74, 6) is 0. The lowest BCUT2D eigenvalue weighted by molar-refractivity contribution is 0.0348. The van der Waals surface area contributed by atoms with E-state index >= 15 is 0 Å². The van der Waals surface area contributed by atoms with Crippen molar-refractivity contribution >= 4 is 17.3 Å². The molecule has 0 saturated heterocycles.